The van der Waals surface area contributed by atoms with Gasteiger partial charge in [0.1, 0.15) is 36.6 Å². The number of aliphatic hydroxyl groups excluding tert-OH is 5. The van der Waals surface area contributed by atoms with E-state index in [2.05, 4.69) is 0 Å². The van der Waals surface area contributed by atoms with E-state index in [9.17, 15) is 30.3 Å². The number of hydrogen-bond donors (Lipinski definition) is 11. The normalized spacial score (nSPS) is 45.0. The van der Waals surface area contributed by atoms with Crippen molar-refractivity contribution in [2.75, 3.05) is 26.2 Å². The molecule has 4 rings (SSSR count). The van der Waals surface area contributed by atoms with Gasteiger partial charge in [0.05, 0.1) is 43.1 Å². The molecule has 3 saturated heterocycles. The summed E-state index contributed by atoms with van der Waals surface area (Å²) in [5.74, 6) is -1.60. The van der Waals surface area contributed by atoms with Crippen molar-refractivity contribution in [2.45, 2.75) is 137 Å². The first-order valence-electron chi connectivity index (χ1n) is 16.1. The summed E-state index contributed by atoms with van der Waals surface area (Å²) in [5.41, 5.74) is 36.0. The summed E-state index contributed by atoms with van der Waals surface area (Å²) in [4.78, 5) is 12.8. The van der Waals surface area contributed by atoms with Gasteiger partial charge < -0.3 is 88.4 Å². The van der Waals surface area contributed by atoms with E-state index in [0.717, 1.165) is 0 Å². The summed E-state index contributed by atoms with van der Waals surface area (Å²) in [6.07, 6.45) is -12.6. The van der Waals surface area contributed by atoms with Gasteiger partial charge in [-0.2, -0.15) is 0 Å². The summed E-state index contributed by atoms with van der Waals surface area (Å²) in [7, 11) is 0. The van der Waals surface area contributed by atoms with Crippen molar-refractivity contribution in [2.24, 2.45) is 40.3 Å². The SMILES string of the molecule is NC[C@@H]1CC[C@@H](N)[C@@H](O[C@H]2[C@H](O[C@@H]3O[C@H](CO)[C@@H](O[C@H]4O[C@@H](CN)CC[C@H]4N)[C@H]3O)[C@@H](O)[C@H](CC(=O)[C@H](O)[C@H](O)CN)C[C@@H]2N)O1. The molecule has 3 aliphatic heterocycles. The first-order valence-corrected chi connectivity index (χ1v) is 16.1. The summed E-state index contributed by atoms with van der Waals surface area (Å²) < 4.78 is 36.1. The second kappa shape index (κ2) is 17.1. The minimum atomic E-state index is -1.76. The van der Waals surface area contributed by atoms with Crippen LogP contribution in [-0.2, 0) is 33.2 Å². The molecule has 0 spiro atoms. The molecule has 0 aromatic heterocycles. The summed E-state index contributed by atoms with van der Waals surface area (Å²) in [6, 6.07) is -1.91. The number of rotatable bonds is 14. The maximum atomic E-state index is 12.8. The molecule has 0 unspecified atom stereocenters. The third kappa shape index (κ3) is 8.77. The molecule has 4 fully saturated rings. The van der Waals surface area contributed by atoms with Crippen molar-refractivity contribution in [3.63, 3.8) is 0 Å². The number of nitrogens with two attached hydrogens (primary N) is 6. The lowest BCUT2D eigenvalue weighted by Gasteiger charge is -2.46. The molecule has 0 amide bonds. The van der Waals surface area contributed by atoms with E-state index < -0.39 is 104 Å². The fraction of sp³-hybridized carbons (Fsp3) is 0.964. The molecule has 0 aromatic carbocycles. The predicted octanol–water partition coefficient (Wildman–Crippen LogP) is -5.85. The van der Waals surface area contributed by atoms with Crippen molar-refractivity contribution in [1.29, 1.82) is 0 Å². The van der Waals surface area contributed by atoms with Crippen molar-refractivity contribution >= 4 is 5.78 Å². The van der Waals surface area contributed by atoms with Gasteiger partial charge in [0.25, 0.3) is 0 Å². The Morgan fingerprint density at radius 1 is 0.739 bits per heavy atom. The zero-order chi connectivity index (χ0) is 33.7. The van der Waals surface area contributed by atoms with Crippen LogP contribution in [0.4, 0.5) is 0 Å². The van der Waals surface area contributed by atoms with E-state index in [1.165, 1.54) is 0 Å². The molecule has 0 bridgehead atoms. The maximum absolute atomic E-state index is 12.8. The minimum absolute atomic E-state index is 0.0590. The lowest BCUT2D eigenvalue weighted by atomic mass is 9.76. The first kappa shape index (κ1) is 37.8. The smallest absolute Gasteiger partial charge is 0.187 e. The van der Waals surface area contributed by atoms with Gasteiger partial charge in [0, 0.05) is 32.1 Å². The van der Waals surface area contributed by atoms with Gasteiger partial charge >= 0.3 is 0 Å². The Labute approximate surface area is 267 Å². The van der Waals surface area contributed by atoms with E-state index in [1.54, 1.807) is 0 Å². The second-order valence-corrected chi connectivity index (χ2v) is 12.8. The molecular weight excluding hydrogens is 612 g/mol. The van der Waals surface area contributed by atoms with E-state index in [4.69, 9.17) is 62.8 Å². The molecular formula is C28H54N6O12. The molecule has 0 radical (unpaired) electrons. The van der Waals surface area contributed by atoms with Crippen LogP contribution in [0.1, 0.15) is 38.5 Å². The monoisotopic (exact) mass is 666 g/mol. The zero-order valence-corrected chi connectivity index (χ0v) is 25.9. The third-order valence-electron chi connectivity index (χ3n) is 9.41. The summed E-state index contributed by atoms with van der Waals surface area (Å²) >= 11 is 0. The molecule has 18 heteroatoms. The van der Waals surface area contributed by atoms with Crippen molar-refractivity contribution < 1.29 is 58.7 Å². The van der Waals surface area contributed by atoms with Crippen molar-refractivity contribution in [1.82, 2.24) is 0 Å². The fourth-order valence-electron chi connectivity index (χ4n) is 6.55. The number of Topliss-reactive ketones (excluding diaryl/α,β-unsaturated/α-hetero) is 1. The number of ether oxygens (including phenoxy) is 6. The minimum Gasteiger partial charge on any atom is -0.394 e. The highest BCUT2D eigenvalue weighted by Crippen LogP contribution is 2.37. The summed E-state index contributed by atoms with van der Waals surface area (Å²) in [6.45, 7) is -0.415. The zero-order valence-electron chi connectivity index (χ0n) is 25.9. The van der Waals surface area contributed by atoms with Crippen LogP contribution in [0, 0.1) is 5.92 Å². The number of carbonyl (C=O) groups is 1. The van der Waals surface area contributed by atoms with Crippen LogP contribution < -0.4 is 34.4 Å². The highest BCUT2D eigenvalue weighted by Gasteiger charge is 2.53. The Morgan fingerprint density at radius 2 is 1.28 bits per heavy atom. The third-order valence-corrected chi connectivity index (χ3v) is 9.41. The Bertz CT molecular complexity index is 961. The van der Waals surface area contributed by atoms with Crippen LogP contribution >= 0.6 is 0 Å². The fourth-order valence-corrected chi connectivity index (χ4v) is 6.55. The second-order valence-electron chi connectivity index (χ2n) is 12.8. The predicted molar refractivity (Wildman–Crippen MR) is 159 cm³/mol. The molecule has 1 aliphatic carbocycles. The van der Waals surface area contributed by atoms with Gasteiger partial charge in [0.2, 0.25) is 0 Å². The van der Waals surface area contributed by atoms with E-state index in [0.29, 0.717) is 25.7 Å². The van der Waals surface area contributed by atoms with Gasteiger partial charge in [-0.3, -0.25) is 4.79 Å². The number of ketones is 1. The van der Waals surface area contributed by atoms with Crippen LogP contribution in [0.5, 0.6) is 0 Å². The molecule has 46 heavy (non-hydrogen) atoms. The van der Waals surface area contributed by atoms with Crippen LogP contribution in [0.3, 0.4) is 0 Å². The molecule has 4 aliphatic rings. The molecule has 0 aromatic rings. The lowest BCUT2D eigenvalue weighted by molar-refractivity contribution is -0.291. The van der Waals surface area contributed by atoms with Crippen LogP contribution in [0.2, 0.25) is 0 Å². The molecule has 3 heterocycles. The largest absolute Gasteiger partial charge is 0.394 e. The molecule has 17 atom stereocenters. The Morgan fingerprint density at radius 3 is 1.80 bits per heavy atom. The van der Waals surface area contributed by atoms with Crippen molar-refractivity contribution in [3.8, 4) is 0 Å². The molecule has 18 nitrogen and oxygen atoms in total. The lowest BCUT2D eigenvalue weighted by Crippen LogP contribution is -2.63. The molecule has 1 saturated carbocycles. The van der Waals surface area contributed by atoms with E-state index >= 15 is 0 Å². The Hall–Kier alpha value is -1.01. The van der Waals surface area contributed by atoms with Crippen molar-refractivity contribution in [3.05, 3.63) is 0 Å². The Balaban J connectivity index is 1.54. The average Bonchev–Trinajstić information content (AvgIpc) is 3.35. The van der Waals surface area contributed by atoms with Crippen LogP contribution in [0.25, 0.3) is 0 Å². The van der Waals surface area contributed by atoms with E-state index in [-0.39, 0.29) is 44.7 Å². The average molecular weight is 667 g/mol. The maximum Gasteiger partial charge on any atom is 0.187 e. The number of carbonyl (C=O) groups excluding carboxylic acids is 1. The van der Waals surface area contributed by atoms with Gasteiger partial charge in [-0.05, 0) is 38.0 Å². The van der Waals surface area contributed by atoms with Gasteiger partial charge in [-0.25, -0.2) is 0 Å². The highest BCUT2D eigenvalue weighted by molar-refractivity contribution is 5.83. The molecule has 17 N–H and O–H groups in total. The Kier molecular flexibility index (Phi) is 14.0. The number of aliphatic hydroxyl groups is 5. The van der Waals surface area contributed by atoms with Crippen LogP contribution in [-0.4, -0.2) is 156 Å². The van der Waals surface area contributed by atoms with E-state index in [1.807, 2.05) is 0 Å². The first-order chi connectivity index (χ1) is 21.9. The topological polar surface area (TPSA) is 330 Å². The molecule has 268 valence electrons. The van der Waals surface area contributed by atoms with Crippen LogP contribution in [0.15, 0.2) is 0 Å². The van der Waals surface area contributed by atoms with Gasteiger partial charge in [0.15, 0.2) is 24.7 Å². The standard InChI is InChI=1S/C28H54N6O12/c29-7-12-1-3-14(32)26(41-12)44-23-16(34)5-11(6-17(36)21(39)18(37)9-31)20(38)25(23)46-28-22(40)24(19(10-35)43-28)45-27-15(33)4-2-13(8-30)42-27/h11-16,18-28,35,37-40H,1-10,29-34H2/t11-,12-,13+,14+,15+,16-,18+,19+,20-,21-,22+,23+,24+,25+,26+,27+,28-/m0/s1. The summed E-state index contributed by atoms with van der Waals surface area (Å²) in [5, 5.41) is 53.1. The number of hydrogen-bond acceptors (Lipinski definition) is 18. The van der Waals surface area contributed by atoms with Gasteiger partial charge in [-0.1, -0.05) is 0 Å². The quantitative estimate of drug-likeness (QED) is 0.0822. The highest BCUT2D eigenvalue weighted by atomic mass is 16.8. The van der Waals surface area contributed by atoms with Gasteiger partial charge in [-0.15, -0.1) is 0 Å².